The van der Waals surface area contributed by atoms with Crippen molar-refractivity contribution in [2.75, 3.05) is 13.6 Å². The van der Waals surface area contributed by atoms with E-state index in [1.807, 2.05) is 0 Å². The highest BCUT2D eigenvalue weighted by Crippen LogP contribution is 2.58. The molecule has 2 fully saturated rings. The molecule has 1 heteroatoms. The summed E-state index contributed by atoms with van der Waals surface area (Å²) in [4.78, 5) is 0. The quantitative estimate of drug-likeness (QED) is 0.615. The zero-order chi connectivity index (χ0) is 7.03. The normalized spacial score (nSPS) is 29.7. The van der Waals surface area contributed by atoms with Crippen LogP contribution in [0.3, 0.4) is 0 Å². The third-order valence-corrected chi connectivity index (χ3v) is 3.35. The average Bonchev–Trinajstić information content (AvgIpc) is 1.72. The lowest BCUT2D eigenvalue weighted by Crippen LogP contribution is -2.45. The molecule has 0 unspecified atom stereocenters. The van der Waals surface area contributed by atoms with Crippen LogP contribution >= 0.6 is 0 Å². The smallest absolute Gasteiger partial charge is 0.00231 e. The minimum Gasteiger partial charge on any atom is -0.319 e. The van der Waals surface area contributed by atoms with Crippen molar-refractivity contribution in [2.45, 2.75) is 32.1 Å². The molecular weight excluding hydrogens is 122 g/mol. The lowest BCUT2D eigenvalue weighted by Gasteiger charge is -2.54. The van der Waals surface area contributed by atoms with Crippen LogP contribution in [0.1, 0.15) is 32.1 Å². The summed E-state index contributed by atoms with van der Waals surface area (Å²) >= 11 is 0. The lowest BCUT2D eigenvalue weighted by atomic mass is 9.52. The third kappa shape index (κ3) is 0.878. The topological polar surface area (TPSA) is 12.0 Å². The molecule has 2 saturated carbocycles. The van der Waals surface area contributed by atoms with Gasteiger partial charge in [-0.2, -0.15) is 0 Å². The van der Waals surface area contributed by atoms with Crippen molar-refractivity contribution in [3.8, 4) is 0 Å². The van der Waals surface area contributed by atoms with Crippen molar-refractivity contribution in [3.63, 3.8) is 0 Å². The second-order valence-electron chi connectivity index (χ2n) is 4.19. The molecule has 10 heavy (non-hydrogen) atoms. The van der Waals surface area contributed by atoms with E-state index in [4.69, 9.17) is 0 Å². The Bertz CT molecular complexity index is 119. The first kappa shape index (κ1) is 6.66. The van der Waals surface area contributed by atoms with Crippen LogP contribution in [0.25, 0.3) is 0 Å². The summed E-state index contributed by atoms with van der Waals surface area (Å²) in [5, 5.41) is 3.26. The highest BCUT2D eigenvalue weighted by Gasteiger charge is 2.47. The maximum absolute atomic E-state index is 3.26. The third-order valence-electron chi connectivity index (χ3n) is 3.35. The number of hydrogen-bond acceptors (Lipinski definition) is 1. The molecule has 1 spiro atoms. The molecule has 0 amide bonds. The summed E-state index contributed by atoms with van der Waals surface area (Å²) in [6.45, 7) is 1.25. The van der Waals surface area contributed by atoms with Crippen LogP contribution < -0.4 is 5.32 Å². The Morgan fingerprint density at radius 2 is 2.10 bits per heavy atom. The molecule has 0 bridgehead atoms. The summed E-state index contributed by atoms with van der Waals surface area (Å²) in [5.41, 5.74) is 0.877. The van der Waals surface area contributed by atoms with E-state index in [1.54, 1.807) is 0 Å². The number of nitrogens with one attached hydrogen (secondary N) is 1. The van der Waals surface area contributed by atoms with Gasteiger partial charge in [-0.3, -0.25) is 0 Å². The lowest BCUT2D eigenvalue weighted by molar-refractivity contribution is -0.0228. The number of hydrogen-bond donors (Lipinski definition) is 1. The highest BCUT2D eigenvalue weighted by molar-refractivity contribution is 4.99. The van der Waals surface area contributed by atoms with Crippen LogP contribution in [-0.4, -0.2) is 13.6 Å². The van der Waals surface area contributed by atoms with Crippen LogP contribution in [-0.2, 0) is 0 Å². The van der Waals surface area contributed by atoms with E-state index in [1.165, 1.54) is 38.6 Å². The van der Waals surface area contributed by atoms with Gasteiger partial charge in [0.1, 0.15) is 0 Å². The first-order valence-corrected chi connectivity index (χ1v) is 4.49. The molecule has 2 aliphatic carbocycles. The maximum atomic E-state index is 3.26. The van der Waals surface area contributed by atoms with Crippen molar-refractivity contribution in [3.05, 3.63) is 0 Å². The summed E-state index contributed by atoms with van der Waals surface area (Å²) in [6, 6.07) is 0. The molecule has 0 saturated heterocycles. The Kier molecular flexibility index (Phi) is 1.48. The van der Waals surface area contributed by atoms with Crippen molar-refractivity contribution >= 4 is 0 Å². The summed E-state index contributed by atoms with van der Waals surface area (Å²) in [6.07, 6.45) is 7.62. The number of rotatable bonds is 2. The Balaban J connectivity index is 1.72. The molecule has 58 valence electrons. The SMILES string of the molecule is CNCC1CC2(CCC2)C1. The Morgan fingerprint density at radius 1 is 1.40 bits per heavy atom. The second kappa shape index (κ2) is 2.23. The first-order valence-electron chi connectivity index (χ1n) is 4.49. The van der Waals surface area contributed by atoms with Gasteiger partial charge in [0, 0.05) is 0 Å². The molecule has 0 aromatic heterocycles. The van der Waals surface area contributed by atoms with Crippen molar-refractivity contribution in [1.82, 2.24) is 5.32 Å². The highest BCUT2D eigenvalue weighted by atomic mass is 14.8. The van der Waals surface area contributed by atoms with Crippen molar-refractivity contribution in [2.24, 2.45) is 11.3 Å². The minimum atomic E-state index is 0.877. The zero-order valence-electron chi connectivity index (χ0n) is 6.82. The van der Waals surface area contributed by atoms with Crippen LogP contribution in [0.4, 0.5) is 0 Å². The van der Waals surface area contributed by atoms with Crippen molar-refractivity contribution in [1.29, 1.82) is 0 Å². The van der Waals surface area contributed by atoms with Crippen LogP contribution in [0.2, 0.25) is 0 Å². The van der Waals surface area contributed by atoms with Crippen LogP contribution in [0, 0.1) is 11.3 Å². The van der Waals surface area contributed by atoms with Gasteiger partial charge < -0.3 is 5.32 Å². The fraction of sp³-hybridized carbons (Fsp3) is 1.00. The molecule has 1 nitrogen and oxygen atoms in total. The van der Waals surface area contributed by atoms with Gasteiger partial charge in [0.15, 0.2) is 0 Å². The standard InChI is InChI=1S/C9H17N/c1-10-7-8-5-9(6-8)3-2-4-9/h8,10H,2-7H2,1H3. The summed E-state index contributed by atoms with van der Waals surface area (Å²) in [7, 11) is 2.06. The van der Waals surface area contributed by atoms with Gasteiger partial charge >= 0.3 is 0 Å². The van der Waals surface area contributed by atoms with E-state index in [-0.39, 0.29) is 0 Å². The van der Waals surface area contributed by atoms with Crippen LogP contribution in [0.5, 0.6) is 0 Å². The molecule has 0 radical (unpaired) electrons. The van der Waals surface area contributed by atoms with Gasteiger partial charge in [0.2, 0.25) is 0 Å². The maximum Gasteiger partial charge on any atom is -0.00231 e. The Hall–Kier alpha value is -0.0400. The summed E-state index contributed by atoms with van der Waals surface area (Å²) in [5.74, 6) is 1.02. The van der Waals surface area contributed by atoms with Crippen molar-refractivity contribution < 1.29 is 0 Å². The molecule has 0 aliphatic heterocycles. The molecule has 0 heterocycles. The van der Waals surface area contributed by atoms with E-state index in [0.717, 1.165) is 11.3 Å². The van der Waals surface area contributed by atoms with Gasteiger partial charge in [0.05, 0.1) is 0 Å². The average molecular weight is 139 g/mol. The first-order chi connectivity index (χ1) is 4.85. The minimum absolute atomic E-state index is 0.877. The molecule has 0 atom stereocenters. The molecule has 2 aliphatic rings. The summed E-state index contributed by atoms with van der Waals surface area (Å²) < 4.78 is 0. The predicted octanol–water partition coefficient (Wildman–Crippen LogP) is 1.79. The fourth-order valence-corrected chi connectivity index (χ4v) is 2.68. The molecule has 1 N–H and O–H groups in total. The van der Waals surface area contributed by atoms with E-state index in [0.29, 0.717) is 0 Å². The molecule has 2 rings (SSSR count). The van der Waals surface area contributed by atoms with Gasteiger partial charge in [-0.15, -0.1) is 0 Å². The van der Waals surface area contributed by atoms with Gasteiger partial charge in [0.25, 0.3) is 0 Å². The van der Waals surface area contributed by atoms with Crippen LogP contribution in [0.15, 0.2) is 0 Å². The second-order valence-corrected chi connectivity index (χ2v) is 4.19. The fourth-order valence-electron chi connectivity index (χ4n) is 2.68. The Morgan fingerprint density at radius 3 is 2.50 bits per heavy atom. The van der Waals surface area contributed by atoms with E-state index < -0.39 is 0 Å². The molecule has 0 aromatic carbocycles. The van der Waals surface area contributed by atoms with Gasteiger partial charge in [-0.1, -0.05) is 6.42 Å². The Labute approximate surface area is 63.2 Å². The van der Waals surface area contributed by atoms with E-state index in [9.17, 15) is 0 Å². The predicted molar refractivity (Wildman–Crippen MR) is 42.9 cm³/mol. The van der Waals surface area contributed by atoms with Gasteiger partial charge in [-0.05, 0) is 50.6 Å². The molecule has 0 aromatic rings. The largest absolute Gasteiger partial charge is 0.319 e. The van der Waals surface area contributed by atoms with Gasteiger partial charge in [-0.25, -0.2) is 0 Å². The zero-order valence-corrected chi connectivity index (χ0v) is 6.82. The van der Waals surface area contributed by atoms with E-state index >= 15 is 0 Å². The molecular formula is C9H17N. The monoisotopic (exact) mass is 139 g/mol. The van der Waals surface area contributed by atoms with E-state index in [2.05, 4.69) is 12.4 Å².